The maximum atomic E-state index is 12.9. The van der Waals surface area contributed by atoms with Crippen LogP contribution in [0.15, 0.2) is 29.9 Å². The molecule has 0 radical (unpaired) electrons. The van der Waals surface area contributed by atoms with E-state index in [2.05, 4.69) is 20.4 Å². The van der Waals surface area contributed by atoms with E-state index < -0.39 is 0 Å². The second kappa shape index (κ2) is 7.97. The first-order valence-corrected chi connectivity index (χ1v) is 11.8. The van der Waals surface area contributed by atoms with Gasteiger partial charge in [0.05, 0.1) is 50.3 Å². The minimum Gasteiger partial charge on any atom is -0.332 e. The van der Waals surface area contributed by atoms with Gasteiger partial charge in [-0.15, -0.1) is 22.7 Å². The maximum Gasteiger partial charge on any atom is 0.255 e. The Balaban J connectivity index is 1.27. The highest BCUT2D eigenvalue weighted by Gasteiger charge is 2.24. The summed E-state index contributed by atoms with van der Waals surface area (Å²) in [6.45, 7) is 5.33. The molecule has 4 aromatic rings. The number of carbonyl (C=O) groups is 1. The first-order chi connectivity index (χ1) is 15.0. The molecule has 0 saturated carbocycles. The molecule has 4 aromatic heterocycles. The predicted molar refractivity (Wildman–Crippen MR) is 121 cm³/mol. The van der Waals surface area contributed by atoms with Crippen molar-refractivity contribution < 1.29 is 4.79 Å². The van der Waals surface area contributed by atoms with E-state index in [9.17, 15) is 4.79 Å². The summed E-state index contributed by atoms with van der Waals surface area (Å²) in [5.41, 5.74) is 5.86. The van der Waals surface area contributed by atoms with Crippen LogP contribution in [0.2, 0.25) is 0 Å². The standard InChI is InChI=1S/C22H22N6OS2/c1-13-21(31-14(2)25-13)18-12-30-20(26-18)8-17-5-4-16(9-23-17)22(29)28-7-6-15-10-24-27(3)19(15)11-28/h4-5,9-10,12H,6-8,11H2,1-3H3. The Labute approximate surface area is 188 Å². The Bertz CT molecular complexity index is 1250. The van der Waals surface area contributed by atoms with E-state index in [1.165, 1.54) is 5.56 Å². The number of pyridine rings is 1. The van der Waals surface area contributed by atoms with E-state index >= 15 is 0 Å². The first-order valence-electron chi connectivity index (χ1n) is 10.1. The molecule has 158 valence electrons. The third-order valence-electron chi connectivity index (χ3n) is 5.52. The van der Waals surface area contributed by atoms with Crippen molar-refractivity contribution in [2.45, 2.75) is 33.2 Å². The lowest BCUT2D eigenvalue weighted by molar-refractivity contribution is 0.0730. The lowest BCUT2D eigenvalue weighted by atomic mass is 10.1. The molecule has 0 fully saturated rings. The van der Waals surface area contributed by atoms with Crippen LogP contribution in [0.5, 0.6) is 0 Å². The molecule has 9 heteroatoms. The number of hydrogen-bond acceptors (Lipinski definition) is 7. The highest BCUT2D eigenvalue weighted by atomic mass is 32.1. The molecule has 0 atom stereocenters. The third-order valence-corrected chi connectivity index (χ3v) is 7.46. The van der Waals surface area contributed by atoms with Crippen LogP contribution in [-0.4, -0.2) is 42.1 Å². The molecule has 0 aliphatic carbocycles. The SMILES string of the molecule is Cc1nc(C)c(-c2csc(Cc3ccc(C(=O)N4CCc5cnn(C)c5C4)cn3)n2)s1. The number of nitrogens with zero attached hydrogens (tertiary/aromatic N) is 6. The lowest BCUT2D eigenvalue weighted by Gasteiger charge is -2.27. The highest BCUT2D eigenvalue weighted by molar-refractivity contribution is 7.15. The summed E-state index contributed by atoms with van der Waals surface area (Å²) in [5, 5.41) is 8.44. The van der Waals surface area contributed by atoms with Gasteiger partial charge < -0.3 is 4.90 Å². The predicted octanol–water partition coefficient (Wildman–Crippen LogP) is 3.80. The molecule has 31 heavy (non-hydrogen) atoms. The Morgan fingerprint density at radius 1 is 1.19 bits per heavy atom. The van der Waals surface area contributed by atoms with E-state index in [-0.39, 0.29) is 5.91 Å². The van der Waals surface area contributed by atoms with E-state index in [0.717, 1.165) is 44.1 Å². The summed E-state index contributed by atoms with van der Waals surface area (Å²) in [5.74, 6) is 0.0125. The highest BCUT2D eigenvalue weighted by Crippen LogP contribution is 2.31. The van der Waals surface area contributed by atoms with Crippen LogP contribution in [0.4, 0.5) is 0 Å². The van der Waals surface area contributed by atoms with Crippen molar-refractivity contribution >= 4 is 28.6 Å². The van der Waals surface area contributed by atoms with Crippen molar-refractivity contribution in [1.29, 1.82) is 0 Å². The number of aromatic nitrogens is 5. The first kappa shape index (κ1) is 20.0. The van der Waals surface area contributed by atoms with Gasteiger partial charge in [-0.25, -0.2) is 9.97 Å². The van der Waals surface area contributed by atoms with Gasteiger partial charge in [-0.3, -0.25) is 14.5 Å². The zero-order chi connectivity index (χ0) is 21.5. The number of fused-ring (bicyclic) bond motifs is 1. The normalized spacial score (nSPS) is 13.5. The van der Waals surface area contributed by atoms with Gasteiger partial charge in [0, 0.05) is 37.3 Å². The smallest absolute Gasteiger partial charge is 0.255 e. The second-order valence-electron chi connectivity index (χ2n) is 7.71. The van der Waals surface area contributed by atoms with Crippen LogP contribution in [0, 0.1) is 13.8 Å². The Kier molecular flexibility index (Phi) is 5.15. The lowest BCUT2D eigenvalue weighted by Crippen LogP contribution is -2.36. The summed E-state index contributed by atoms with van der Waals surface area (Å²) < 4.78 is 1.85. The summed E-state index contributed by atoms with van der Waals surface area (Å²) in [7, 11) is 1.92. The molecule has 7 nitrogen and oxygen atoms in total. The van der Waals surface area contributed by atoms with Crippen LogP contribution in [0.1, 0.15) is 43.0 Å². The molecule has 0 spiro atoms. The molecule has 1 aliphatic heterocycles. The van der Waals surface area contributed by atoms with Gasteiger partial charge in [0.1, 0.15) is 0 Å². The van der Waals surface area contributed by atoms with Crippen LogP contribution in [0.25, 0.3) is 10.6 Å². The van der Waals surface area contributed by atoms with Gasteiger partial charge in [0.25, 0.3) is 5.91 Å². The fourth-order valence-electron chi connectivity index (χ4n) is 3.87. The molecule has 1 amide bonds. The molecule has 0 unspecified atom stereocenters. The average molecular weight is 451 g/mol. The van der Waals surface area contributed by atoms with Gasteiger partial charge in [-0.2, -0.15) is 5.10 Å². The minimum atomic E-state index is 0.0125. The van der Waals surface area contributed by atoms with Crippen LogP contribution < -0.4 is 0 Å². The fourth-order valence-corrected chi connectivity index (χ4v) is 5.62. The minimum absolute atomic E-state index is 0.0125. The van der Waals surface area contributed by atoms with E-state index in [0.29, 0.717) is 25.1 Å². The van der Waals surface area contributed by atoms with Crippen LogP contribution >= 0.6 is 22.7 Å². The number of hydrogen-bond donors (Lipinski definition) is 0. The summed E-state index contributed by atoms with van der Waals surface area (Å²) in [6.07, 6.45) is 5.07. The quantitative estimate of drug-likeness (QED) is 0.473. The van der Waals surface area contributed by atoms with Gasteiger partial charge in [-0.05, 0) is 38.0 Å². The third kappa shape index (κ3) is 3.90. The van der Waals surface area contributed by atoms with E-state index in [1.54, 1.807) is 28.9 Å². The van der Waals surface area contributed by atoms with Gasteiger partial charge in [-0.1, -0.05) is 0 Å². The van der Waals surface area contributed by atoms with E-state index in [1.807, 2.05) is 48.8 Å². The van der Waals surface area contributed by atoms with Gasteiger partial charge >= 0.3 is 0 Å². The number of thiazole rings is 2. The molecular weight excluding hydrogens is 428 g/mol. The maximum absolute atomic E-state index is 12.9. The van der Waals surface area contributed by atoms with Crippen molar-refractivity contribution in [2.24, 2.45) is 7.05 Å². The molecule has 0 N–H and O–H groups in total. The van der Waals surface area contributed by atoms with Crippen LogP contribution in [0.3, 0.4) is 0 Å². The van der Waals surface area contributed by atoms with Crippen molar-refractivity contribution in [1.82, 2.24) is 29.6 Å². The Morgan fingerprint density at radius 3 is 2.81 bits per heavy atom. The molecule has 0 aromatic carbocycles. The molecule has 0 saturated heterocycles. The van der Waals surface area contributed by atoms with Crippen molar-refractivity contribution in [3.8, 4) is 10.6 Å². The summed E-state index contributed by atoms with van der Waals surface area (Å²) in [4.78, 5) is 29.7. The molecule has 5 heterocycles. The topological polar surface area (TPSA) is 76.8 Å². The molecule has 1 aliphatic rings. The Morgan fingerprint density at radius 2 is 2.06 bits per heavy atom. The molecule has 0 bridgehead atoms. The monoisotopic (exact) mass is 450 g/mol. The van der Waals surface area contributed by atoms with Crippen molar-refractivity contribution in [3.05, 3.63) is 68.1 Å². The van der Waals surface area contributed by atoms with Crippen LogP contribution in [-0.2, 0) is 26.4 Å². The van der Waals surface area contributed by atoms with Crippen molar-refractivity contribution in [2.75, 3.05) is 6.54 Å². The summed E-state index contributed by atoms with van der Waals surface area (Å²) >= 11 is 3.30. The summed E-state index contributed by atoms with van der Waals surface area (Å²) in [6, 6.07) is 3.80. The zero-order valence-electron chi connectivity index (χ0n) is 17.6. The molecule has 5 rings (SSSR count). The second-order valence-corrected chi connectivity index (χ2v) is 9.85. The number of amides is 1. The number of rotatable bonds is 4. The van der Waals surface area contributed by atoms with E-state index in [4.69, 9.17) is 4.98 Å². The average Bonchev–Trinajstić information content (AvgIpc) is 3.47. The number of carbonyl (C=O) groups excluding carboxylic acids is 1. The Hall–Kier alpha value is -2.91. The fraction of sp³-hybridized carbons (Fsp3) is 0.318. The number of aryl methyl sites for hydroxylation is 3. The van der Waals surface area contributed by atoms with Crippen molar-refractivity contribution in [3.63, 3.8) is 0 Å². The largest absolute Gasteiger partial charge is 0.332 e. The van der Waals surface area contributed by atoms with Gasteiger partial charge in [0.2, 0.25) is 0 Å². The van der Waals surface area contributed by atoms with Gasteiger partial charge in [0.15, 0.2) is 0 Å². The zero-order valence-corrected chi connectivity index (χ0v) is 19.3. The molecular formula is C22H22N6OS2.